The van der Waals surface area contributed by atoms with Crippen molar-refractivity contribution in [3.05, 3.63) is 59.8 Å². The summed E-state index contributed by atoms with van der Waals surface area (Å²) in [6.07, 6.45) is 7.50. The Labute approximate surface area is 282 Å². The van der Waals surface area contributed by atoms with Crippen LogP contribution in [0, 0.1) is 0 Å². The Bertz CT molecular complexity index is 1590. The number of aromatic amines is 1. The highest BCUT2D eigenvalue weighted by atomic mass is 16.2. The zero-order chi connectivity index (χ0) is 33.0. The van der Waals surface area contributed by atoms with E-state index >= 15 is 0 Å². The molecule has 2 aromatic carbocycles. The average molecular weight is 656 g/mol. The van der Waals surface area contributed by atoms with Crippen LogP contribution in [0.2, 0.25) is 0 Å². The van der Waals surface area contributed by atoms with E-state index in [2.05, 4.69) is 43.7 Å². The Morgan fingerprint density at radius 2 is 1.67 bits per heavy atom. The van der Waals surface area contributed by atoms with E-state index in [1.807, 2.05) is 51.1 Å². The van der Waals surface area contributed by atoms with Gasteiger partial charge in [0.05, 0.1) is 11.7 Å². The lowest BCUT2D eigenvalue weighted by Gasteiger charge is -2.40. The van der Waals surface area contributed by atoms with Crippen LogP contribution in [0.3, 0.4) is 0 Å². The second-order valence-corrected chi connectivity index (χ2v) is 14.0. The van der Waals surface area contributed by atoms with E-state index in [0.29, 0.717) is 58.0 Å². The van der Waals surface area contributed by atoms with Gasteiger partial charge in [-0.25, -0.2) is 9.59 Å². The van der Waals surface area contributed by atoms with Gasteiger partial charge in [-0.1, -0.05) is 24.3 Å². The van der Waals surface area contributed by atoms with Crippen molar-refractivity contribution < 1.29 is 14.4 Å². The highest BCUT2D eigenvalue weighted by molar-refractivity contribution is 5.91. The van der Waals surface area contributed by atoms with Crippen molar-refractivity contribution in [3.8, 4) is 0 Å². The van der Waals surface area contributed by atoms with Gasteiger partial charge in [-0.05, 0) is 88.0 Å². The third kappa shape index (κ3) is 7.29. The lowest BCUT2D eigenvalue weighted by molar-refractivity contribution is -0.134. The number of fused-ring (bicyclic) bond motifs is 2. The first-order valence-electron chi connectivity index (χ1n) is 17.8. The molecule has 0 saturated carbocycles. The molecule has 4 aliphatic rings. The molecule has 48 heavy (non-hydrogen) atoms. The van der Waals surface area contributed by atoms with Crippen LogP contribution in [0.5, 0.6) is 0 Å². The summed E-state index contributed by atoms with van der Waals surface area (Å²) in [6, 6.07) is 13.6. The number of anilines is 1. The maximum atomic E-state index is 14.1. The molecule has 3 fully saturated rings. The molecule has 5 amide bonds. The number of nitrogens with one attached hydrogen (secondary N) is 3. The molecule has 1 unspecified atom stereocenters. The summed E-state index contributed by atoms with van der Waals surface area (Å²) in [6.45, 7) is 7.55. The fourth-order valence-electron chi connectivity index (χ4n) is 8.02. The van der Waals surface area contributed by atoms with Gasteiger partial charge >= 0.3 is 12.1 Å². The number of likely N-dealkylation sites (tertiary alicyclic amines) is 2. The topological polar surface area (TPSA) is 120 Å². The Balaban J connectivity index is 0.981. The minimum Gasteiger partial charge on any atom is -0.341 e. The largest absolute Gasteiger partial charge is 0.341 e. The Hall–Kier alpha value is -4.16. The van der Waals surface area contributed by atoms with Crippen LogP contribution in [0.4, 0.5) is 15.3 Å². The molecule has 5 heterocycles. The van der Waals surface area contributed by atoms with E-state index in [9.17, 15) is 14.4 Å². The van der Waals surface area contributed by atoms with Crippen molar-refractivity contribution in [1.82, 2.24) is 40.0 Å². The normalized spacial score (nSPS) is 21.4. The number of hydrogen-bond donors (Lipinski definition) is 3. The summed E-state index contributed by atoms with van der Waals surface area (Å²) in [4.78, 5) is 51.7. The van der Waals surface area contributed by atoms with E-state index in [1.54, 1.807) is 6.20 Å². The minimum atomic E-state index is -0.669. The Morgan fingerprint density at radius 1 is 0.896 bits per heavy atom. The second kappa shape index (κ2) is 14.5. The van der Waals surface area contributed by atoms with Gasteiger partial charge in [0.1, 0.15) is 6.04 Å². The molecule has 12 heteroatoms. The molecule has 3 N–H and O–H groups in total. The summed E-state index contributed by atoms with van der Waals surface area (Å²) >= 11 is 0. The number of carbonyl (C=O) groups is 3. The summed E-state index contributed by atoms with van der Waals surface area (Å²) in [5, 5.41) is 14.3. The summed E-state index contributed by atoms with van der Waals surface area (Å²) in [5.74, 6) is -0.0135. The van der Waals surface area contributed by atoms with Crippen LogP contribution >= 0.6 is 0 Å². The number of rotatable bonds is 6. The number of aromatic nitrogens is 2. The number of para-hydroxylation sites is 1. The average Bonchev–Trinajstić information content (AvgIpc) is 3.37. The fourth-order valence-corrected chi connectivity index (χ4v) is 8.02. The maximum Gasteiger partial charge on any atom is 0.322 e. The summed E-state index contributed by atoms with van der Waals surface area (Å²) in [7, 11) is 2.19. The SMILES string of the molecule is CN1CCCN(C2CCN(C(=O)C(Cc3ccc4[nH]ncc4c3)NC(=O)N3CCC(N4CCc5ccccc5NC4=O)CC3)CC2)CC1. The zero-order valence-corrected chi connectivity index (χ0v) is 28.1. The molecular formula is C36H49N9O3. The number of hydrogen-bond acceptors (Lipinski definition) is 6. The minimum absolute atomic E-state index is 0.0135. The molecule has 0 spiro atoms. The van der Waals surface area contributed by atoms with Crippen molar-refractivity contribution >= 4 is 34.6 Å². The van der Waals surface area contributed by atoms with Gasteiger partial charge in [0, 0.05) is 75.4 Å². The summed E-state index contributed by atoms with van der Waals surface area (Å²) in [5.41, 5.74) is 3.95. The smallest absolute Gasteiger partial charge is 0.322 e. The van der Waals surface area contributed by atoms with Gasteiger partial charge < -0.3 is 30.2 Å². The number of urea groups is 2. The Kier molecular flexibility index (Phi) is 9.81. The van der Waals surface area contributed by atoms with E-state index in [-0.39, 0.29) is 24.0 Å². The van der Waals surface area contributed by atoms with E-state index in [0.717, 1.165) is 73.2 Å². The van der Waals surface area contributed by atoms with Crippen molar-refractivity contribution in [2.24, 2.45) is 0 Å². The highest BCUT2D eigenvalue weighted by Gasteiger charge is 2.35. The Morgan fingerprint density at radius 3 is 2.50 bits per heavy atom. The monoisotopic (exact) mass is 655 g/mol. The molecule has 3 saturated heterocycles. The van der Waals surface area contributed by atoms with Crippen molar-refractivity contribution in [3.63, 3.8) is 0 Å². The first-order valence-corrected chi connectivity index (χ1v) is 17.8. The lowest BCUT2D eigenvalue weighted by Crippen LogP contribution is -2.57. The third-order valence-electron chi connectivity index (χ3n) is 10.9. The molecule has 0 bridgehead atoms. The van der Waals surface area contributed by atoms with Crippen LogP contribution in [-0.4, -0.2) is 137 Å². The van der Waals surface area contributed by atoms with Crippen molar-refractivity contribution in [1.29, 1.82) is 0 Å². The first kappa shape index (κ1) is 32.4. The molecule has 1 atom stereocenters. The third-order valence-corrected chi connectivity index (χ3v) is 10.9. The standard InChI is InChI=1S/C36H49N9O3/c1-41-14-4-15-42(22-21-41)29-10-16-43(17-11-29)34(46)33(24-26-7-8-32-28(23-26)25-37-40-32)39-35(47)44-18-12-30(13-19-44)45-20-9-27-5-2-3-6-31(27)38-36(45)48/h2-3,5-8,23,25,29-30,33H,4,9-22,24H2,1H3,(H,37,40)(H,38,48)(H,39,47). The van der Waals surface area contributed by atoms with Gasteiger partial charge in [-0.3, -0.25) is 14.8 Å². The van der Waals surface area contributed by atoms with Crippen LogP contribution in [0.1, 0.15) is 43.2 Å². The fraction of sp³-hybridized carbons (Fsp3) is 0.556. The number of H-pyrrole nitrogens is 1. The number of carbonyl (C=O) groups excluding carboxylic acids is 3. The molecule has 0 radical (unpaired) electrons. The van der Waals surface area contributed by atoms with E-state index in [4.69, 9.17) is 0 Å². The van der Waals surface area contributed by atoms with Crippen molar-refractivity contribution in [2.45, 2.75) is 63.1 Å². The number of piperidine rings is 2. The molecule has 7 rings (SSSR count). The van der Waals surface area contributed by atoms with E-state index < -0.39 is 6.04 Å². The number of likely N-dealkylation sites (N-methyl/N-ethyl adjacent to an activating group) is 1. The zero-order valence-electron chi connectivity index (χ0n) is 28.1. The molecule has 3 aromatic rings. The predicted molar refractivity (Wildman–Crippen MR) is 186 cm³/mol. The molecule has 4 aliphatic heterocycles. The van der Waals surface area contributed by atoms with Gasteiger partial charge in [-0.2, -0.15) is 5.10 Å². The van der Waals surface area contributed by atoms with Gasteiger partial charge in [0.2, 0.25) is 5.91 Å². The van der Waals surface area contributed by atoms with Gasteiger partial charge in [-0.15, -0.1) is 0 Å². The molecule has 12 nitrogen and oxygen atoms in total. The lowest BCUT2D eigenvalue weighted by atomic mass is 9.99. The van der Waals surface area contributed by atoms with E-state index in [1.165, 1.54) is 6.42 Å². The van der Waals surface area contributed by atoms with Crippen LogP contribution in [-0.2, 0) is 17.6 Å². The molecule has 256 valence electrons. The maximum absolute atomic E-state index is 14.1. The highest BCUT2D eigenvalue weighted by Crippen LogP contribution is 2.25. The van der Waals surface area contributed by atoms with Gasteiger partial charge in [0.25, 0.3) is 0 Å². The van der Waals surface area contributed by atoms with Crippen molar-refractivity contribution in [2.75, 3.05) is 71.3 Å². The predicted octanol–water partition coefficient (Wildman–Crippen LogP) is 3.37. The number of nitrogens with zero attached hydrogens (tertiary/aromatic N) is 6. The van der Waals surface area contributed by atoms with Crippen LogP contribution < -0.4 is 10.6 Å². The first-order chi connectivity index (χ1) is 23.4. The molecule has 1 aromatic heterocycles. The molecular weight excluding hydrogens is 606 g/mol. The van der Waals surface area contributed by atoms with Crippen LogP contribution in [0.15, 0.2) is 48.7 Å². The second-order valence-electron chi connectivity index (χ2n) is 14.0. The molecule has 0 aliphatic carbocycles. The quantitative estimate of drug-likeness (QED) is 0.375. The van der Waals surface area contributed by atoms with Gasteiger partial charge in [0.15, 0.2) is 0 Å². The van der Waals surface area contributed by atoms with Crippen LogP contribution in [0.25, 0.3) is 10.9 Å². The summed E-state index contributed by atoms with van der Waals surface area (Å²) < 4.78 is 0. The number of benzene rings is 2. The number of amides is 5.